The standard InChI is InChI=1S/C9H9NO2/c1-5-3-2-4-6-7(5)9(11)12-8(6)10/h2-4,8H,10H2,1H3. The Labute approximate surface area is 70.1 Å². The van der Waals surface area contributed by atoms with Crippen LogP contribution in [0.15, 0.2) is 18.2 Å². The summed E-state index contributed by atoms with van der Waals surface area (Å²) in [6.07, 6.45) is -0.576. The molecule has 1 aliphatic rings. The summed E-state index contributed by atoms with van der Waals surface area (Å²) in [7, 11) is 0. The first-order valence-electron chi connectivity index (χ1n) is 3.76. The second-order valence-corrected chi connectivity index (χ2v) is 2.87. The van der Waals surface area contributed by atoms with Crippen LogP contribution in [0.3, 0.4) is 0 Å². The molecule has 1 aromatic rings. The number of hydrogen-bond acceptors (Lipinski definition) is 3. The van der Waals surface area contributed by atoms with Gasteiger partial charge in [0.2, 0.25) is 0 Å². The van der Waals surface area contributed by atoms with Crippen LogP contribution < -0.4 is 5.73 Å². The highest BCUT2D eigenvalue weighted by Crippen LogP contribution is 2.28. The first kappa shape index (κ1) is 7.31. The number of esters is 1. The number of ether oxygens (including phenoxy) is 1. The van der Waals surface area contributed by atoms with E-state index in [1.54, 1.807) is 0 Å². The molecule has 0 saturated carbocycles. The van der Waals surface area contributed by atoms with Crippen molar-refractivity contribution in [2.24, 2.45) is 5.73 Å². The van der Waals surface area contributed by atoms with Crippen LogP contribution in [-0.2, 0) is 4.74 Å². The minimum atomic E-state index is -0.576. The van der Waals surface area contributed by atoms with Crippen molar-refractivity contribution in [1.29, 1.82) is 0 Å². The molecule has 1 atom stereocenters. The molecule has 1 unspecified atom stereocenters. The summed E-state index contributed by atoms with van der Waals surface area (Å²) in [4.78, 5) is 11.2. The van der Waals surface area contributed by atoms with Gasteiger partial charge in [-0.1, -0.05) is 18.2 Å². The van der Waals surface area contributed by atoms with Crippen molar-refractivity contribution in [3.63, 3.8) is 0 Å². The van der Waals surface area contributed by atoms with Gasteiger partial charge in [0.05, 0.1) is 5.56 Å². The highest BCUT2D eigenvalue weighted by atomic mass is 16.6. The van der Waals surface area contributed by atoms with Gasteiger partial charge in [-0.3, -0.25) is 5.73 Å². The van der Waals surface area contributed by atoms with Gasteiger partial charge < -0.3 is 4.74 Å². The molecule has 1 aliphatic heterocycles. The monoisotopic (exact) mass is 163 g/mol. The van der Waals surface area contributed by atoms with E-state index in [4.69, 9.17) is 10.5 Å². The first-order chi connectivity index (χ1) is 5.70. The molecule has 0 amide bonds. The van der Waals surface area contributed by atoms with Crippen LogP contribution in [0, 0.1) is 6.92 Å². The Bertz CT molecular complexity index is 346. The molecule has 1 heterocycles. The van der Waals surface area contributed by atoms with E-state index in [0.29, 0.717) is 5.56 Å². The quantitative estimate of drug-likeness (QED) is 0.583. The lowest BCUT2D eigenvalue weighted by Crippen LogP contribution is -2.08. The third kappa shape index (κ3) is 0.833. The largest absolute Gasteiger partial charge is 0.439 e. The number of rotatable bonds is 0. The van der Waals surface area contributed by atoms with Crippen molar-refractivity contribution in [1.82, 2.24) is 0 Å². The van der Waals surface area contributed by atoms with Crippen LogP contribution in [0.25, 0.3) is 0 Å². The Morgan fingerprint density at radius 3 is 2.92 bits per heavy atom. The minimum absolute atomic E-state index is 0.310. The van der Waals surface area contributed by atoms with Crippen LogP contribution in [0.5, 0.6) is 0 Å². The normalized spacial score (nSPS) is 20.5. The van der Waals surface area contributed by atoms with Gasteiger partial charge in [-0.2, -0.15) is 0 Å². The zero-order chi connectivity index (χ0) is 8.72. The number of hydrogen-bond donors (Lipinski definition) is 1. The van der Waals surface area contributed by atoms with E-state index in [2.05, 4.69) is 0 Å². The Morgan fingerprint density at radius 2 is 2.25 bits per heavy atom. The summed E-state index contributed by atoms with van der Waals surface area (Å²) in [5, 5.41) is 0. The Kier molecular flexibility index (Phi) is 1.41. The molecule has 0 bridgehead atoms. The average Bonchev–Trinajstić information content (AvgIpc) is 2.29. The number of fused-ring (bicyclic) bond motifs is 1. The number of carbonyl (C=O) groups is 1. The number of cyclic esters (lactones) is 1. The van der Waals surface area contributed by atoms with Gasteiger partial charge in [-0.05, 0) is 12.5 Å². The predicted octanol–water partition coefficient (Wildman–Crippen LogP) is 1.12. The van der Waals surface area contributed by atoms with Crippen molar-refractivity contribution >= 4 is 5.97 Å². The number of carbonyl (C=O) groups excluding carboxylic acids is 1. The fourth-order valence-electron chi connectivity index (χ4n) is 1.44. The van der Waals surface area contributed by atoms with Gasteiger partial charge in [0, 0.05) is 5.56 Å². The van der Waals surface area contributed by atoms with Gasteiger partial charge in [0.25, 0.3) is 0 Å². The molecule has 12 heavy (non-hydrogen) atoms. The van der Waals surface area contributed by atoms with E-state index in [-0.39, 0.29) is 5.97 Å². The van der Waals surface area contributed by atoms with Crippen LogP contribution in [0.4, 0.5) is 0 Å². The molecule has 62 valence electrons. The average molecular weight is 163 g/mol. The van der Waals surface area contributed by atoms with E-state index in [1.165, 1.54) is 0 Å². The second-order valence-electron chi connectivity index (χ2n) is 2.87. The fourth-order valence-corrected chi connectivity index (χ4v) is 1.44. The highest BCUT2D eigenvalue weighted by molar-refractivity contribution is 5.95. The maximum atomic E-state index is 11.2. The second kappa shape index (κ2) is 2.32. The molecule has 0 spiro atoms. The molecule has 1 aromatic carbocycles. The van der Waals surface area contributed by atoms with Gasteiger partial charge in [0.15, 0.2) is 6.23 Å². The highest BCUT2D eigenvalue weighted by Gasteiger charge is 2.29. The van der Waals surface area contributed by atoms with Crippen molar-refractivity contribution in [3.05, 3.63) is 34.9 Å². The van der Waals surface area contributed by atoms with E-state index in [0.717, 1.165) is 11.1 Å². The summed E-state index contributed by atoms with van der Waals surface area (Å²) in [5.74, 6) is -0.310. The van der Waals surface area contributed by atoms with Crippen molar-refractivity contribution in [3.8, 4) is 0 Å². The van der Waals surface area contributed by atoms with Crippen LogP contribution >= 0.6 is 0 Å². The Morgan fingerprint density at radius 1 is 1.50 bits per heavy atom. The lowest BCUT2D eigenvalue weighted by molar-refractivity contribution is 0.0399. The molecule has 2 rings (SSSR count). The molecular formula is C9H9NO2. The molecule has 0 saturated heterocycles. The lowest BCUT2D eigenvalue weighted by atomic mass is 10.0. The number of nitrogens with two attached hydrogens (primary N) is 1. The van der Waals surface area contributed by atoms with E-state index in [9.17, 15) is 4.79 Å². The molecule has 0 fully saturated rings. The number of aryl methyl sites for hydroxylation is 1. The molecule has 3 heteroatoms. The SMILES string of the molecule is Cc1cccc2c1C(=O)OC2N. The fraction of sp³-hybridized carbons (Fsp3) is 0.222. The first-order valence-corrected chi connectivity index (χ1v) is 3.76. The molecule has 3 nitrogen and oxygen atoms in total. The lowest BCUT2D eigenvalue weighted by Gasteiger charge is -2.01. The van der Waals surface area contributed by atoms with Gasteiger partial charge in [-0.25, -0.2) is 4.79 Å². The molecule has 0 aromatic heterocycles. The number of benzene rings is 1. The van der Waals surface area contributed by atoms with Crippen molar-refractivity contribution < 1.29 is 9.53 Å². The van der Waals surface area contributed by atoms with Crippen LogP contribution in [0.2, 0.25) is 0 Å². The topological polar surface area (TPSA) is 52.3 Å². The smallest absolute Gasteiger partial charge is 0.340 e. The van der Waals surface area contributed by atoms with Gasteiger partial charge in [0.1, 0.15) is 0 Å². The van der Waals surface area contributed by atoms with E-state index in [1.807, 2.05) is 25.1 Å². The summed E-state index contributed by atoms with van der Waals surface area (Å²) < 4.78 is 4.85. The van der Waals surface area contributed by atoms with Crippen LogP contribution in [0.1, 0.15) is 27.7 Å². The Hall–Kier alpha value is -1.35. The minimum Gasteiger partial charge on any atom is -0.439 e. The molecule has 0 radical (unpaired) electrons. The zero-order valence-corrected chi connectivity index (χ0v) is 6.70. The molecule has 0 aliphatic carbocycles. The maximum absolute atomic E-state index is 11.2. The maximum Gasteiger partial charge on any atom is 0.340 e. The predicted molar refractivity (Wildman–Crippen MR) is 43.5 cm³/mol. The summed E-state index contributed by atoms with van der Waals surface area (Å²) in [5.41, 5.74) is 7.91. The molecular weight excluding hydrogens is 154 g/mol. The van der Waals surface area contributed by atoms with Crippen LogP contribution in [-0.4, -0.2) is 5.97 Å². The third-order valence-electron chi connectivity index (χ3n) is 2.05. The van der Waals surface area contributed by atoms with E-state index >= 15 is 0 Å². The van der Waals surface area contributed by atoms with Gasteiger partial charge in [-0.15, -0.1) is 0 Å². The summed E-state index contributed by atoms with van der Waals surface area (Å²) in [6.45, 7) is 1.87. The van der Waals surface area contributed by atoms with Gasteiger partial charge >= 0.3 is 5.97 Å². The third-order valence-corrected chi connectivity index (χ3v) is 2.05. The summed E-state index contributed by atoms with van der Waals surface area (Å²) in [6, 6.07) is 5.56. The Balaban J connectivity index is 2.67. The van der Waals surface area contributed by atoms with E-state index < -0.39 is 6.23 Å². The zero-order valence-electron chi connectivity index (χ0n) is 6.70. The van der Waals surface area contributed by atoms with Crippen molar-refractivity contribution in [2.45, 2.75) is 13.2 Å². The molecule has 2 N–H and O–H groups in total. The summed E-state index contributed by atoms with van der Waals surface area (Å²) >= 11 is 0. The van der Waals surface area contributed by atoms with Crippen molar-refractivity contribution in [2.75, 3.05) is 0 Å².